The quantitative estimate of drug-likeness (QED) is 0.0702. The molecule has 0 bridgehead atoms. The average molecular weight is 848 g/mol. The fourth-order valence-electron chi connectivity index (χ4n) is 5.45. The van der Waals surface area contributed by atoms with E-state index in [1.54, 1.807) is 52.0 Å². The number of hydrogen-bond donors (Lipinski definition) is 7. The zero-order valence-electron chi connectivity index (χ0n) is 36.9. The number of anilines is 1. The maximum atomic E-state index is 12.8. The number of rotatable bonds is 21. The van der Waals surface area contributed by atoms with E-state index in [0.29, 0.717) is 43.6 Å². The summed E-state index contributed by atoms with van der Waals surface area (Å²) in [5, 5.41) is 15.3. The number of primary amides is 1. The maximum Gasteiger partial charge on any atom is 0.410 e. The second kappa shape index (κ2) is 30.3. The van der Waals surface area contributed by atoms with Crippen LogP contribution in [-0.2, 0) is 44.9 Å². The predicted octanol–water partition coefficient (Wildman–Crippen LogP) is 2.53. The first-order valence-electron chi connectivity index (χ1n) is 20.5. The van der Waals surface area contributed by atoms with E-state index >= 15 is 0 Å². The Kier molecular flexibility index (Phi) is 27.4. The summed E-state index contributed by atoms with van der Waals surface area (Å²) >= 11 is 0. The van der Waals surface area contributed by atoms with Crippen molar-refractivity contribution in [1.82, 2.24) is 36.4 Å². The van der Waals surface area contributed by atoms with Crippen LogP contribution >= 0.6 is 0 Å². The Morgan fingerprint density at radius 1 is 0.783 bits per heavy atom. The first-order chi connectivity index (χ1) is 28.3. The Balaban J connectivity index is 0.00000310. The van der Waals surface area contributed by atoms with Crippen LogP contribution in [0.1, 0.15) is 105 Å². The van der Waals surface area contributed by atoms with Crippen LogP contribution in [0.3, 0.4) is 0 Å². The van der Waals surface area contributed by atoms with Crippen molar-refractivity contribution in [3.8, 4) is 0 Å². The number of nitrogens with one attached hydrogen (secondary N) is 6. The lowest BCUT2D eigenvalue weighted by Crippen LogP contribution is -2.52. The minimum absolute atomic E-state index is 0.0962. The fraction of sp³-hybridized carbons (Fsp3) is 0.634. The highest BCUT2D eigenvalue weighted by Crippen LogP contribution is 2.15. The number of ether oxygens (including phenoxy) is 1. The molecule has 1 saturated heterocycles. The summed E-state index contributed by atoms with van der Waals surface area (Å²) in [6, 6.07) is 4.36. The Hall–Kier alpha value is -5.75. The Labute approximate surface area is 354 Å². The summed E-state index contributed by atoms with van der Waals surface area (Å²) in [4.78, 5) is 110. The second-order valence-corrected chi connectivity index (χ2v) is 14.7. The van der Waals surface area contributed by atoms with Crippen LogP contribution in [0.25, 0.3) is 0 Å². The molecule has 19 heteroatoms. The van der Waals surface area contributed by atoms with E-state index in [4.69, 9.17) is 10.5 Å². The standard InChI is InChI=1S/C34H51N7O9.C4H10N2O.C3H8/c1-21(2)30(39-25(42)10-8-7-9-17-41-28(45)15-16-29(41)46)32(47)36-19-27(44)38-24-13-11-23(12-14-24)20-50-34(49)40(6)31(22(3)4)33(48)37-18-26(43)35-5;1-2-3-6-4(5)7;1-3-2/h11-14,21-22,30-31H,7-10,15-20H2,1-6H3,(H,35,43)(H,36,47)(H,37,48)(H,38,44)(H,39,42);2-3H2,1H3,(H3,5,6,7);3H2,1-2H3. The number of unbranched alkanes of at least 4 members (excludes halogenated alkanes) is 2. The van der Waals surface area contributed by atoms with Gasteiger partial charge in [0.15, 0.2) is 0 Å². The van der Waals surface area contributed by atoms with Crippen LogP contribution in [-0.4, -0.2) is 116 Å². The highest BCUT2D eigenvalue weighted by molar-refractivity contribution is 6.02. The number of benzene rings is 1. The maximum absolute atomic E-state index is 12.8. The molecular weight excluding hydrogens is 779 g/mol. The number of carbonyl (C=O) groups is 9. The molecule has 1 fully saturated rings. The van der Waals surface area contributed by atoms with Gasteiger partial charge in [-0.25, -0.2) is 9.59 Å². The molecule has 1 aromatic rings. The normalized spacial score (nSPS) is 12.8. The number of nitrogens with zero attached hydrogens (tertiary/aromatic N) is 2. The van der Waals surface area contributed by atoms with Gasteiger partial charge < -0.3 is 42.4 Å². The molecule has 1 aliphatic rings. The molecule has 0 saturated carbocycles. The molecule has 2 rings (SSSR count). The van der Waals surface area contributed by atoms with Gasteiger partial charge in [0.2, 0.25) is 41.4 Å². The van der Waals surface area contributed by atoms with Gasteiger partial charge in [-0.05, 0) is 48.8 Å². The zero-order chi connectivity index (χ0) is 45.8. The summed E-state index contributed by atoms with van der Waals surface area (Å²) in [6.45, 7) is 13.7. The molecule has 19 nitrogen and oxygen atoms in total. The molecule has 1 heterocycles. The summed E-state index contributed by atoms with van der Waals surface area (Å²) < 4.78 is 5.37. The fourth-order valence-corrected chi connectivity index (χ4v) is 5.45. The molecule has 1 aromatic carbocycles. The molecule has 338 valence electrons. The van der Waals surface area contributed by atoms with Gasteiger partial charge in [-0.3, -0.25) is 43.4 Å². The van der Waals surface area contributed by atoms with Crippen molar-refractivity contribution >= 4 is 59.2 Å². The molecule has 0 aliphatic carbocycles. The largest absolute Gasteiger partial charge is 0.445 e. The van der Waals surface area contributed by atoms with Crippen molar-refractivity contribution in [2.24, 2.45) is 17.6 Å². The van der Waals surface area contributed by atoms with Gasteiger partial charge in [-0.2, -0.15) is 0 Å². The van der Waals surface area contributed by atoms with Crippen LogP contribution in [0.15, 0.2) is 24.3 Å². The lowest BCUT2D eigenvalue weighted by molar-refractivity contribution is -0.138. The smallest absolute Gasteiger partial charge is 0.410 e. The minimum atomic E-state index is -0.860. The average Bonchev–Trinajstić information content (AvgIpc) is 3.52. The molecule has 2 unspecified atom stereocenters. The van der Waals surface area contributed by atoms with Crippen LogP contribution in [0.2, 0.25) is 0 Å². The van der Waals surface area contributed by atoms with Gasteiger partial charge in [0.25, 0.3) is 0 Å². The number of amides is 10. The monoisotopic (exact) mass is 848 g/mol. The lowest BCUT2D eigenvalue weighted by atomic mass is 10.0. The van der Waals surface area contributed by atoms with Crippen LogP contribution in [0, 0.1) is 11.8 Å². The molecule has 60 heavy (non-hydrogen) atoms. The summed E-state index contributed by atoms with van der Waals surface area (Å²) in [7, 11) is 2.89. The van der Waals surface area contributed by atoms with Gasteiger partial charge >= 0.3 is 12.1 Å². The van der Waals surface area contributed by atoms with Crippen molar-refractivity contribution in [3.05, 3.63) is 29.8 Å². The third kappa shape index (κ3) is 22.4. The number of imide groups is 1. The van der Waals surface area contributed by atoms with E-state index in [1.807, 2.05) is 6.92 Å². The van der Waals surface area contributed by atoms with Gasteiger partial charge in [0, 0.05) is 52.1 Å². The second-order valence-electron chi connectivity index (χ2n) is 14.7. The molecule has 1 aliphatic heterocycles. The highest BCUT2D eigenvalue weighted by atomic mass is 16.6. The van der Waals surface area contributed by atoms with E-state index < -0.39 is 41.9 Å². The van der Waals surface area contributed by atoms with E-state index in [-0.39, 0.29) is 74.4 Å². The van der Waals surface area contributed by atoms with E-state index in [9.17, 15) is 43.2 Å². The van der Waals surface area contributed by atoms with Crippen molar-refractivity contribution in [2.75, 3.05) is 45.6 Å². The zero-order valence-corrected chi connectivity index (χ0v) is 36.9. The van der Waals surface area contributed by atoms with Gasteiger partial charge in [0.1, 0.15) is 18.7 Å². The van der Waals surface area contributed by atoms with Gasteiger partial charge in [-0.1, -0.05) is 73.4 Å². The summed E-state index contributed by atoms with van der Waals surface area (Å²) in [5.74, 6) is -2.96. The summed E-state index contributed by atoms with van der Waals surface area (Å²) in [6.07, 6.45) is 3.93. The number of urea groups is 1. The predicted molar refractivity (Wildman–Crippen MR) is 227 cm³/mol. The number of likely N-dealkylation sites (tertiary alicyclic amines) is 1. The first-order valence-corrected chi connectivity index (χ1v) is 20.5. The SMILES string of the molecule is CCC.CCCNC(N)=O.CNC(=O)CNC(=O)C(C(C)C)N(C)C(=O)OCc1ccc(NC(=O)CNC(=O)C(NC(=O)CCCCCN2C(=O)CCC2=O)C(C)C)cc1. The van der Waals surface area contributed by atoms with Gasteiger partial charge in [-0.15, -0.1) is 0 Å². The third-order valence-electron chi connectivity index (χ3n) is 8.59. The number of carbonyl (C=O) groups excluding carboxylic acids is 9. The Morgan fingerprint density at radius 2 is 1.35 bits per heavy atom. The number of hydrogen-bond acceptors (Lipinski definition) is 10. The molecule has 10 amide bonds. The molecule has 0 aromatic heterocycles. The van der Waals surface area contributed by atoms with Crippen molar-refractivity contribution in [2.45, 2.75) is 119 Å². The van der Waals surface area contributed by atoms with Crippen molar-refractivity contribution in [3.63, 3.8) is 0 Å². The molecular formula is C41H69N9O10. The molecule has 0 radical (unpaired) electrons. The summed E-state index contributed by atoms with van der Waals surface area (Å²) in [5.41, 5.74) is 5.79. The third-order valence-corrected chi connectivity index (χ3v) is 8.59. The molecule has 2 atom stereocenters. The van der Waals surface area contributed by atoms with E-state index in [0.717, 1.165) is 6.42 Å². The molecule has 8 N–H and O–H groups in total. The first kappa shape index (κ1) is 54.2. The van der Waals surface area contributed by atoms with Crippen LogP contribution in [0.4, 0.5) is 15.3 Å². The highest BCUT2D eigenvalue weighted by Gasteiger charge is 2.31. The van der Waals surface area contributed by atoms with Crippen LogP contribution < -0.4 is 37.6 Å². The number of likely N-dealkylation sites (N-methyl/N-ethyl adjacent to an activating group) is 2. The van der Waals surface area contributed by atoms with E-state index in [1.165, 1.54) is 30.3 Å². The number of nitrogens with two attached hydrogens (primary N) is 1. The van der Waals surface area contributed by atoms with Crippen molar-refractivity contribution < 1.29 is 47.9 Å². The Morgan fingerprint density at radius 3 is 1.85 bits per heavy atom. The minimum Gasteiger partial charge on any atom is -0.445 e. The van der Waals surface area contributed by atoms with Crippen molar-refractivity contribution in [1.29, 1.82) is 0 Å². The van der Waals surface area contributed by atoms with E-state index in [2.05, 4.69) is 45.7 Å². The van der Waals surface area contributed by atoms with Gasteiger partial charge in [0.05, 0.1) is 13.1 Å². The Bertz CT molecular complexity index is 1540. The van der Waals surface area contributed by atoms with Crippen LogP contribution in [0.5, 0.6) is 0 Å². The topological polar surface area (TPSA) is 268 Å². The molecule has 0 spiro atoms. The lowest BCUT2D eigenvalue weighted by Gasteiger charge is -2.29.